The van der Waals surface area contributed by atoms with Crippen molar-refractivity contribution < 1.29 is 23.9 Å². The van der Waals surface area contributed by atoms with Crippen molar-refractivity contribution in [2.24, 2.45) is 5.92 Å². The number of nitrogens with zero attached hydrogens (tertiary/aromatic N) is 1. The minimum absolute atomic E-state index is 0.103. The molecule has 0 spiro atoms. The number of pyridine rings is 1. The Morgan fingerprint density at radius 2 is 1.91 bits per heavy atom. The molecule has 0 fully saturated rings. The molecule has 3 rings (SSSR count). The maximum atomic E-state index is 12.8. The molecule has 1 aliphatic rings. The zero-order chi connectivity index (χ0) is 24.2. The fourth-order valence-corrected chi connectivity index (χ4v) is 3.70. The molecule has 2 heterocycles. The molecule has 176 valence electrons. The summed E-state index contributed by atoms with van der Waals surface area (Å²) in [5.41, 5.74) is 2.43. The van der Waals surface area contributed by atoms with Gasteiger partial charge in [-0.1, -0.05) is 13.3 Å². The van der Waals surface area contributed by atoms with E-state index in [0.29, 0.717) is 35.3 Å². The Bertz CT molecular complexity index is 1040. The predicted molar refractivity (Wildman–Crippen MR) is 125 cm³/mol. The lowest BCUT2D eigenvalue weighted by molar-refractivity contribution is -0.119. The van der Waals surface area contributed by atoms with Gasteiger partial charge in [-0.2, -0.15) is 0 Å². The number of ether oxygens (including phenoxy) is 2. The standard InChI is InChI=1S/C25H31N3O5/c1-15-7-6-8-20(28-24(31)33-25(2,3)4)21-14-16(11-12-26-21)18-13-17(23(30)32-5)9-10-19(18)27-22(15)29/h9-15,20H,6-8H2,1-5H3,(H,27,29)(H,28,31)/t15-,20+/m1/s1. The maximum absolute atomic E-state index is 12.8. The Morgan fingerprint density at radius 3 is 2.61 bits per heavy atom. The third-order valence-corrected chi connectivity index (χ3v) is 5.42. The summed E-state index contributed by atoms with van der Waals surface area (Å²) < 4.78 is 10.3. The number of nitrogens with one attached hydrogen (secondary N) is 2. The van der Waals surface area contributed by atoms with Crippen LogP contribution in [0.25, 0.3) is 11.1 Å². The van der Waals surface area contributed by atoms with Crippen molar-refractivity contribution in [1.82, 2.24) is 10.3 Å². The quantitative estimate of drug-likeness (QED) is 0.629. The third-order valence-electron chi connectivity index (χ3n) is 5.42. The predicted octanol–water partition coefficient (Wildman–Crippen LogP) is 4.86. The number of fused-ring (bicyclic) bond motifs is 4. The van der Waals surface area contributed by atoms with E-state index in [1.807, 2.05) is 33.8 Å². The molecule has 8 nitrogen and oxygen atoms in total. The first-order valence-corrected chi connectivity index (χ1v) is 11.1. The molecule has 0 unspecified atom stereocenters. The van der Waals surface area contributed by atoms with E-state index in [1.165, 1.54) is 7.11 Å². The average Bonchev–Trinajstić information content (AvgIpc) is 2.76. The molecule has 2 bridgehead atoms. The Balaban J connectivity index is 2.06. The number of anilines is 1. The molecule has 0 saturated heterocycles. The molecule has 0 saturated carbocycles. The van der Waals surface area contributed by atoms with E-state index in [1.54, 1.807) is 30.5 Å². The Kier molecular flexibility index (Phi) is 7.36. The molecular formula is C25H31N3O5. The summed E-state index contributed by atoms with van der Waals surface area (Å²) in [5.74, 6) is -0.804. The fraction of sp³-hybridized carbons (Fsp3) is 0.440. The maximum Gasteiger partial charge on any atom is 0.408 e. The van der Waals surface area contributed by atoms with Crippen molar-refractivity contribution in [3.63, 3.8) is 0 Å². The molecular weight excluding hydrogens is 422 g/mol. The van der Waals surface area contributed by atoms with Crippen LogP contribution in [0.3, 0.4) is 0 Å². The minimum Gasteiger partial charge on any atom is -0.465 e. The largest absolute Gasteiger partial charge is 0.465 e. The van der Waals surface area contributed by atoms with Crippen LogP contribution in [0.1, 0.15) is 69.1 Å². The molecule has 1 aromatic heterocycles. The SMILES string of the molecule is COC(=O)c1ccc2c(c1)-c1ccnc(c1)[C@@H](NC(=O)OC(C)(C)C)CCC[C@@H](C)C(=O)N2. The van der Waals surface area contributed by atoms with Crippen LogP contribution < -0.4 is 10.6 Å². The number of hydrogen-bond acceptors (Lipinski definition) is 6. The second-order valence-electron chi connectivity index (χ2n) is 9.24. The van der Waals surface area contributed by atoms with E-state index < -0.39 is 17.7 Å². The van der Waals surface area contributed by atoms with Crippen LogP contribution >= 0.6 is 0 Å². The molecule has 2 aromatic rings. The zero-order valence-electron chi connectivity index (χ0n) is 19.7. The van der Waals surface area contributed by atoms with E-state index in [-0.39, 0.29) is 17.9 Å². The highest BCUT2D eigenvalue weighted by molar-refractivity contribution is 5.99. The topological polar surface area (TPSA) is 107 Å². The Morgan fingerprint density at radius 1 is 1.15 bits per heavy atom. The number of benzene rings is 1. The van der Waals surface area contributed by atoms with Gasteiger partial charge < -0.3 is 20.1 Å². The monoisotopic (exact) mass is 453 g/mol. The van der Waals surface area contributed by atoms with Gasteiger partial charge in [0.05, 0.1) is 24.4 Å². The lowest BCUT2D eigenvalue weighted by atomic mass is 9.95. The first-order valence-electron chi connectivity index (χ1n) is 11.1. The molecule has 1 aromatic carbocycles. The molecule has 8 heteroatoms. The van der Waals surface area contributed by atoms with Crippen LogP contribution in [0, 0.1) is 5.92 Å². The van der Waals surface area contributed by atoms with Gasteiger partial charge in [-0.25, -0.2) is 9.59 Å². The molecule has 2 atom stereocenters. The second-order valence-corrected chi connectivity index (χ2v) is 9.24. The summed E-state index contributed by atoms with van der Waals surface area (Å²) in [6.45, 7) is 7.30. The fourth-order valence-electron chi connectivity index (χ4n) is 3.70. The number of carbonyl (C=O) groups excluding carboxylic acids is 3. The van der Waals surface area contributed by atoms with Gasteiger partial charge in [0, 0.05) is 23.4 Å². The van der Waals surface area contributed by atoms with E-state index in [2.05, 4.69) is 15.6 Å². The van der Waals surface area contributed by atoms with E-state index in [4.69, 9.17) is 9.47 Å². The zero-order valence-corrected chi connectivity index (χ0v) is 19.7. The molecule has 33 heavy (non-hydrogen) atoms. The number of aromatic nitrogens is 1. The highest BCUT2D eigenvalue weighted by Gasteiger charge is 2.24. The summed E-state index contributed by atoms with van der Waals surface area (Å²) in [7, 11) is 1.32. The van der Waals surface area contributed by atoms with E-state index in [9.17, 15) is 14.4 Å². The van der Waals surface area contributed by atoms with Gasteiger partial charge in [0.2, 0.25) is 5.91 Å². The number of carbonyl (C=O) groups is 3. The molecule has 0 radical (unpaired) electrons. The van der Waals surface area contributed by atoms with Crippen LogP contribution in [-0.4, -0.2) is 35.7 Å². The number of methoxy groups -OCH3 is 1. The van der Waals surface area contributed by atoms with Crippen molar-refractivity contribution in [1.29, 1.82) is 0 Å². The Hall–Kier alpha value is -3.42. The number of alkyl carbamates (subject to hydrolysis) is 1. The van der Waals surface area contributed by atoms with Crippen molar-refractivity contribution in [2.75, 3.05) is 12.4 Å². The van der Waals surface area contributed by atoms with Crippen LogP contribution in [0.15, 0.2) is 36.5 Å². The number of hydrogen-bond donors (Lipinski definition) is 2. The number of esters is 1. The summed E-state index contributed by atoms with van der Waals surface area (Å²) in [6.07, 6.45) is 3.09. The van der Waals surface area contributed by atoms with Gasteiger partial charge in [-0.15, -0.1) is 0 Å². The van der Waals surface area contributed by atoms with Crippen molar-refractivity contribution >= 4 is 23.7 Å². The van der Waals surface area contributed by atoms with Gasteiger partial charge in [-0.3, -0.25) is 9.78 Å². The number of amides is 2. The van der Waals surface area contributed by atoms with Crippen LogP contribution in [0.4, 0.5) is 10.5 Å². The average molecular weight is 454 g/mol. The van der Waals surface area contributed by atoms with Crippen molar-refractivity contribution in [3.05, 3.63) is 47.8 Å². The summed E-state index contributed by atoms with van der Waals surface area (Å²) >= 11 is 0. The molecule has 1 aliphatic heterocycles. The first-order chi connectivity index (χ1) is 15.6. The minimum atomic E-state index is -0.624. The van der Waals surface area contributed by atoms with Crippen LogP contribution in [-0.2, 0) is 14.3 Å². The summed E-state index contributed by atoms with van der Waals surface area (Å²) in [5, 5.41) is 5.92. The smallest absolute Gasteiger partial charge is 0.408 e. The highest BCUT2D eigenvalue weighted by atomic mass is 16.6. The van der Waals surface area contributed by atoms with Crippen molar-refractivity contribution in [3.8, 4) is 11.1 Å². The summed E-state index contributed by atoms with van der Waals surface area (Å²) in [6, 6.07) is 8.29. The summed E-state index contributed by atoms with van der Waals surface area (Å²) in [4.78, 5) is 41.9. The Labute approximate surface area is 194 Å². The second kappa shape index (κ2) is 10.0. The lowest BCUT2D eigenvalue weighted by Gasteiger charge is -2.25. The van der Waals surface area contributed by atoms with Crippen LogP contribution in [0.5, 0.6) is 0 Å². The van der Waals surface area contributed by atoms with E-state index in [0.717, 1.165) is 12.0 Å². The van der Waals surface area contributed by atoms with Gasteiger partial charge >= 0.3 is 12.1 Å². The van der Waals surface area contributed by atoms with Gasteiger partial charge in [0.15, 0.2) is 0 Å². The van der Waals surface area contributed by atoms with Crippen molar-refractivity contribution in [2.45, 2.75) is 58.6 Å². The third kappa shape index (κ3) is 6.31. The highest BCUT2D eigenvalue weighted by Crippen LogP contribution is 2.33. The van der Waals surface area contributed by atoms with Crippen LogP contribution in [0.2, 0.25) is 0 Å². The number of rotatable bonds is 2. The normalized spacial score (nSPS) is 18.6. The van der Waals surface area contributed by atoms with Gasteiger partial charge in [-0.05, 0) is 69.5 Å². The first kappa shape index (κ1) is 24.2. The molecule has 0 aliphatic carbocycles. The molecule has 2 N–H and O–H groups in total. The molecule has 2 amide bonds. The van der Waals surface area contributed by atoms with E-state index >= 15 is 0 Å². The lowest BCUT2D eigenvalue weighted by Crippen LogP contribution is -2.35. The van der Waals surface area contributed by atoms with Gasteiger partial charge in [0.1, 0.15) is 5.60 Å². The van der Waals surface area contributed by atoms with Gasteiger partial charge in [0.25, 0.3) is 0 Å².